The maximum absolute atomic E-state index is 12.6. The quantitative estimate of drug-likeness (QED) is 0.522. The van der Waals surface area contributed by atoms with E-state index in [2.05, 4.69) is 0 Å². The number of thioether (sulfide) groups is 1. The summed E-state index contributed by atoms with van der Waals surface area (Å²) in [6.45, 7) is 0.732. The molecule has 1 saturated carbocycles. The highest BCUT2D eigenvalue weighted by Gasteiger charge is 2.32. The maximum Gasteiger partial charge on any atom is 0.266 e. The number of methoxy groups -OCH3 is 1. The van der Waals surface area contributed by atoms with Gasteiger partial charge in [-0.25, -0.2) is 0 Å². The van der Waals surface area contributed by atoms with Gasteiger partial charge in [0.1, 0.15) is 10.1 Å². The molecule has 6 heteroatoms. The van der Waals surface area contributed by atoms with E-state index in [1.165, 1.54) is 37.4 Å². The molecule has 2 aliphatic rings. The van der Waals surface area contributed by atoms with Crippen LogP contribution in [0.5, 0.6) is 5.75 Å². The van der Waals surface area contributed by atoms with Crippen molar-refractivity contribution in [1.29, 1.82) is 0 Å². The molecule has 1 amide bonds. The van der Waals surface area contributed by atoms with Gasteiger partial charge in [0.25, 0.3) is 5.91 Å². The topological polar surface area (TPSA) is 29.5 Å². The Bertz CT molecular complexity index is 684. The Labute approximate surface area is 157 Å². The number of benzene rings is 1. The average Bonchev–Trinajstić information content (AvgIpc) is 3.15. The lowest BCUT2D eigenvalue weighted by Gasteiger charge is -2.17. The van der Waals surface area contributed by atoms with Crippen molar-refractivity contribution in [1.82, 2.24) is 4.90 Å². The zero-order valence-electron chi connectivity index (χ0n) is 13.6. The van der Waals surface area contributed by atoms with Crippen molar-refractivity contribution in [2.24, 2.45) is 5.92 Å². The fraction of sp³-hybridized carbons (Fsp3) is 0.444. The molecule has 0 atom stereocenters. The van der Waals surface area contributed by atoms with E-state index in [1.54, 1.807) is 24.1 Å². The van der Waals surface area contributed by atoms with Crippen molar-refractivity contribution < 1.29 is 9.53 Å². The Morgan fingerprint density at radius 1 is 1.42 bits per heavy atom. The Balaban J connectivity index is 1.69. The van der Waals surface area contributed by atoms with Gasteiger partial charge in [-0.2, -0.15) is 0 Å². The second kappa shape index (κ2) is 7.89. The normalized spacial score (nSPS) is 20.4. The Hall–Kier alpha value is -1.04. The summed E-state index contributed by atoms with van der Waals surface area (Å²) in [6.07, 6.45) is 8.11. The van der Waals surface area contributed by atoms with Crippen LogP contribution in [0.4, 0.5) is 0 Å². The van der Waals surface area contributed by atoms with Gasteiger partial charge >= 0.3 is 0 Å². The van der Waals surface area contributed by atoms with E-state index in [9.17, 15) is 4.79 Å². The molecule has 3 nitrogen and oxygen atoms in total. The van der Waals surface area contributed by atoms with Gasteiger partial charge < -0.3 is 4.74 Å². The van der Waals surface area contributed by atoms with Gasteiger partial charge in [0, 0.05) is 6.54 Å². The van der Waals surface area contributed by atoms with E-state index in [4.69, 9.17) is 28.6 Å². The first kappa shape index (κ1) is 17.8. The minimum atomic E-state index is 0.00920. The molecular weight excluding hydrogens is 362 g/mol. The highest BCUT2D eigenvalue weighted by Crippen LogP contribution is 2.35. The van der Waals surface area contributed by atoms with E-state index in [-0.39, 0.29) is 5.91 Å². The Kier molecular flexibility index (Phi) is 5.85. The van der Waals surface area contributed by atoms with E-state index in [1.807, 2.05) is 12.1 Å². The summed E-state index contributed by atoms with van der Waals surface area (Å²) in [6, 6.07) is 5.48. The van der Waals surface area contributed by atoms with Gasteiger partial charge in [-0.05, 0) is 36.1 Å². The number of ether oxygens (including phenoxy) is 1. The van der Waals surface area contributed by atoms with Crippen molar-refractivity contribution in [2.45, 2.75) is 32.1 Å². The van der Waals surface area contributed by atoms with Crippen LogP contribution in [0.25, 0.3) is 6.08 Å². The zero-order valence-corrected chi connectivity index (χ0v) is 16.0. The molecular formula is C18H20ClNO2S2. The molecule has 1 aromatic carbocycles. The largest absolute Gasteiger partial charge is 0.495 e. The van der Waals surface area contributed by atoms with Gasteiger partial charge in [-0.3, -0.25) is 9.69 Å². The number of thiocarbonyl (C=S) groups is 1. The second-order valence-electron chi connectivity index (χ2n) is 6.17. The SMILES string of the molecule is COc1ccc(/C=C2\SC(=S)N(CCC3CCCC3)C2=O)cc1Cl. The number of nitrogens with zero attached hydrogens (tertiary/aromatic N) is 1. The van der Waals surface area contributed by atoms with E-state index in [0.29, 0.717) is 20.0 Å². The lowest BCUT2D eigenvalue weighted by molar-refractivity contribution is -0.122. The van der Waals surface area contributed by atoms with Crippen molar-refractivity contribution in [3.63, 3.8) is 0 Å². The first-order valence-corrected chi connectivity index (χ1v) is 9.77. The molecule has 1 aliphatic heterocycles. The molecule has 3 rings (SSSR count). The highest BCUT2D eigenvalue weighted by atomic mass is 35.5. The van der Waals surface area contributed by atoms with Crippen molar-refractivity contribution in [3.05, 3.63) is 33.7 Å². The predicted molar refractivity (Wildman–Crippen MR) is 104 cm³/mol. The standard InChI is InChI=1S/C18H20ClNO2S2/c1-22-15-7-6-13(10-14(15)19)11-16-17(21)20(18(23)24-16)9-8-12-4-2-3-5-12/h6-7,10-12H,2-5,8-9H2,1H3/b16-11-. The van der Waals surface area contributed by atoms with E-state index >= 15 is 0 Å². The molecule has 0 spiro atoms. The minimum absolute atomic E-state index is 0.00920. The van der Waals surface area contributed by atoms with Crippen LogP contribution in [0.1, 0.15) is 37.7 Å². The van der Waals surface area contributed by atoms with Crippen LogP contribution in [-0.2, 0) is 4.79 Å². The number of carbonyl (C=O) groups is 1. The number of rotatable bonds is 5. The van der Waals surface area contributed by atoms with Crippen molar-refractivity contribution in [2.75, 3.05) is 13.7 Å². The fourth-order valence-electron chi connectivity index (χ4n) is 3.23. The summed E-state index contributed by atoms with van der Waals surface area (Å²) in [5.74, 6) is 1.38. The molecule has 24 heavy (non-hydrogen) atoms. The Morgan fingerprint density at radius 2 is 2.17 bits per heavy atom. The Morgan fingerprint density at radius 3 is 2.83 bits per heavy atom. The second-order valence-corrected chi connectivity index (χ2v) is 8.25. The van der Waals surface area contributed by atoms with Crippen LogP contribution in [0.2, 0.25) is 5.02 Å². The van der Waals surface area contributed by atoms with Crippen LogP contribution in [0, 0.1) is 5.92 Å². The molecule has 0 unspecified atom stereocenters. The maximum atomic E-state index is 12.6. The number of halogens is 1. The third-order valence-electron chi connectivity index (χ3n) is 4.58. The van der Waals surface area contributed by atoms with Gasteiger partial charge in [-0.1, -0.05) is 67.3 Å². The van der Waals surface area contributed by atoms with Crippen LogP contribution in [0.3, 0.4) is 0 Å². The minimum Gasteiger partial charge on any atom is -0.495 e. The number of amides is 1. The summed E-state index contributed by atoms with van der Waals surface area (Å²) in [5, 5.41) is 0.531. The summed E-state index contributed by atoms with van der Waals surface area (Å²) in [7, 11) is 1.58. The van der Waals surface area contributed by atoms with Crippen LogP contribution >= 0.6 is 35.6 Å². The zero-order chi connectivity index (χ0) is 17.1. The molecule has 0 N–H and O–H groups in total. The van der Waals surface area contributed by atoms with Crippen LogP contribution in [0.15, 0.2) is 23.1 Å². The molecule has 128 valence electrons. The molecule has 1 saturated heterocycles. The van der Waals surface area contributed by atoms with E-state index < -0.39 is 0 Å². The summed E-state index contributed by atoms with van der Waals surface area (Å²) in [4.78, 5) is 15.0. The van der Waals surface area contributed by atoms with Gasteiger partial charge in [0.15, 0.2) is 0 Å². The summed E-state index contributed by atoms with van der Waals surface area (Å²) in [5.41, 5.74) is 0.872. The van der Waals surface area contributed by atoms with Gasteiger partial charge in [-0.15, -0.1) is 0 Å². The third-order valence-corrected chi connectivity index (χ3v) is 6.26. The average molecular weight is 382 g/mol. The van der Waals surface area contributed by atoms with Crippen LogP contribution < -0.4 is 4.74 Å². The molecule has 1 aliphatic carbocycles. The first-order chi connectivity index (χ1) is 11.6. The number of hydrogen-bond acceptors (Lipinski definition) is 4. The first-order valence-electron chi connectivity index (χ1n) is 8.17. The molecule has 1 aromatic rings. The lowest BCUT2D eigenvalue weighted by atomic mass is 10.0. The summed E-state index contributed by atoms with van der Waals surface area (Å²) < 4.78 is 5.81. The fourth-order valence-corrected chi connectivity index (χ4v) is 4.80. The van der Waals surface area contributed by atoms with Crippen LogP contribution in [-0.4, -0.2) is 28.8 Å². The molecule has 1 heterocycles. The number of carbonyl (C=O) groups excluding carboxylic acids is 1. The molecule has 2 fully saturated rings. The smallest absolute Gasteiger partial charge is 0.266 e. The predicted octanol–water partition coefficient (Wildman–Crippen LogP) is 5.13. The molecule has 0 bridgehead atoms. The van der Waals surface area contributed by atoms with Crippen molar-refractivity contribution in [3.8, 4) is 5.75 Å². The summed E-state index contributed by atoms with van der Waals surface area (Å²) >= 11 is 12.9. The number of hydrogen-bond donors (Lipinski definition) is 0. The van der Waals surface area contributed by atoms with Gasteiger partial charge in [0.05, 0.1) is 17.0 Å². The monoisotopic (exact) mass is 381 g/mol. The molecule has 0 aromatic heterocycles. The van der Waals surface area contributed by atoms with E-state index in [0.717, 1.165) is 24.4 Å². The lowest BCUT2D eigenvalue weighted by Crippen LogP contribution is -2.30. The van der Waals surface area contributed by atoms with Gasteiger partial charge in [0.2, 0.25) is 0 Å². The third kappa shape index (κ3) is 3.95. The highest BCUT2D eigenvalue weighted by molar-refractivity contribution is 8.26. The van der Waals surface area contributed by atoms with Crippen molar-refractivity contribution >= 4 is 51.9 Å². The molecule has 0 radical (unpaired) electrons.